The van der Waals surface area contributed by atoms with Crippen LogP contribution in [-0.2, 0) is 11.3 Å². The number of aliphatic hydroxyl groups is 1. The Hall–Kier alpha value is -3.16. The number of nitrogens with zero attached hydrogens (tertiary/aromatic N) is 1. The van der Waals surface area contributed by atoms with Crippen LogP contribution in [0.1, 0.15) is 36.4 Å². The van der Waals surface area contributed by atoms with E-state index in [1.54, 1.807) is 13.3 Å². The zero-order valence-electron chi connectivity index (χ0n) is 18.7. The number of methoxy groups -OCH3 is 1. The van der Waals surface area contributed by atoms with Gasteiger partial charge >= 0.3 is 0 Å². The van der Waals surface area contributed by atoms with Crippen LogP contribution in [0, 0.1) is 5.92 Å². The monoisotopic (exact) mass is 446 g/mol. The number of hydrogen-bond donors (Lipinski definition) is 4. The van der Waals surface area contributed by atoms with E-state index in [-0.39, 0.29) is 23.9 Å². The third-order valence-corrected chi connectivity index (χ3v) is 6.71. The van der Waals surface area contributed by atoms with Gasteiger partial charge in [0, 0.05) is 42.0 Å². The lowest BCUT2D eigenvalue weighted by Crippen LogP contribution is -2.37. The molecular formula is C26H30N4O3. The van der Waals surface area contributed by atoms with Gasteiger partial charge < -0.3 is 25.5 Å². The average Bonchev–Trinajstić information content (AvgIpc) is 3.41. The third kappa shape index (κ3) is 4.79. The average molecular weight is 447 g/mol. The molecular weight excluding hydrogens is 416 g/mol. The Balaban J connectivity index is 1.36. The smallest absolute Gasteiger partial charge is 0.226 e. The predicted octanol–water partition coefficient (Wildman–Crippen LogP) is 2.99. The highest BCUT2D eigenvalue weighted by molar-refractivity contribution is 5.80. The van der Waals surface area contributed by atoms with Gasteiger partial charge in [-0.15, -0.1) is 0 Å². The minimum Gasteiger partial charge on any atom is -0.497 e. The summed E-state index contributed by atoms with van der Waals surface area (Å²) in [5, 5.41) is 17.9. The van der Waals surface area contributed by atoms with Crippen LogP contribution in [0.3, 0.4) is 0 Å². The van der Waals surface area contributed by atoms with Crippen LogP contribution in [0.25, 0.3) is 11.4 Å². The minimum atomic E-state index is -0.791. The van der Waals surface area contributed by atoms with Gasteiger partial charge in [0.2, 0.25) is 5.91 Å². The summed E-state index contributed by atoms with van der Waals surface area (Å²) in [6, 6.07) is 18.0. The van der Waals surface area contributed by atoms with Gasteiger partial charge in [-0.25, -0.2) is 4.98 Å². The number of aromatic amines is 1. The molecule has 1 heterocycles. The Morgan fingerprint density at radius 3 is 2.61 bits per heavy atom. The summed E-state index contributed by atoms with van der Waals surface area (Å²) < 4.78 is 5.24. The Morgan fingerprint density at radius 1 is 1.15 bits per heavy atom. The molecule has 0 bridgehead atoms. The summed E-state index contributed by atoms with van der Waals surface area (Å²) in [7, 11) is 1.65. The van der Waals surface area contributed by atoms with E-state index in [9.17, 15) is 9.90 Å². The van der Waals surface area contributed by atoms with Crippen LogP contribution < -0.4 is 15.4 Å². The quantitative estimate of drug-likeness (QED) is 0.426. The maximum Gasteiger partial charge on any atom is 0.226 e. The van der Waals surface area contributed by atoms with Crippen molar-refractivity contribution in [2.45, 2.75) is 49.9 Å². The lowest BCUT2D eigenvalue weighted by molar-refractivity contribution is -0.127. The molecule has 0 saturated heterocycles. The summed E-state index contributed by atoms with van der Waals surface area (Å²) in [5.74, 6) is 0.815. The molecule has 0 radical (unpaired) electrons. The van der Waals surface area contributed by atoms with E-state index in [2.05, 4.69) is 20.6 Å². The molecule has 1 amide bonds. The van der Waals surface area contributed by atoms with Crippen molar-refractivity contribution in [1.82, 2.24) is 20.6 Å². The molecule has 7 heteroatoms. The predicted molar refractivity (Wildman–Crippen MR) is 126 cm³/mol. The number of H-pyrrole nitrogens is 1. The minimum absolute atomic E-state index is 0.0495. The second-order valence-corrected chi connectivity index (χ2v) is 9.03. The normalized spacial score (nSPS) is 24.5. The Labute approximate surface area is 193 Å². The van der Waals surface area contributed by atoms with E-state index in [1.807, 2.05) is 54.6 Å². The summed E-state index contributed by atoms with van der Waals surface area (Å²) >= 11 is 0. The van der Waals surface area contributed by atoms with E-state index < -0.39 is 12.0 Å². The third-order valence-electron chi connectivity index (χ3n) is 6.71. The zero-order chi connectivity index (χ0) is 22.8. The standard InChI is InChI=1S/C26H30N4O3/c1-33-19-11-7-16(8-12-19)14-27-21-13-20(26(32)29-18-9-10-18)24(31)23(21)22-15-28-25(30-22)17-5-3-2-4-6-17/h2-8,11-12,15,18,20-21,23-24,27,31H,9-10,13-14H2,1H3,(H,28,30)(H,29,32)/t20-,21+,23+,24+/m0/s1. The number of hydrogen-bond acceptors (Lipinski definition) is 5. The summed E-state index contributed by atoms with van der Waals surface area (Å²) in [6.45, 7) is 0.633. The molecule has 2 saturated carbocycles. The summed E-state index contributed by atoms with van der Waals surface area (Å²) in [6.07, 6.45) is 3.62. The number of rotatable bonds is 8. The van der Waals surface area contributed by atoms with Gasteiger partial charge in [-0.1, -0.05) is 42.5 Å². The summed E-state index contributed by atoms with van der Waals surface area (Å²) in [5.41, 5.74) is 2.95. The van der Waals surface area contributed by atoms with Crippen molar-refractivity contribution in [3.05, 3.63) is 72.1 Å². The van der Waals surface area contributed by atoms with Crippen LogP contribution in [-0.4, -0.2) is 46.3 Å². The van der Waals surface area contributed by atoms with Gasteiger partial charge in [0.05, 0.1) is 19.1 Å². The molecule has 4 atom stereocenters. The molecule has 3 aromatic rings. The fraction of sp³-hybridized carbons (Fsp3) is 0.385. The lowest BCUT2D eigenvalue weighted by Gasteiger charge is -2.22. The van der Waals surface area contributed by atoms with E-state index in [0.29, 0.717) is 13.0 Å². The molecule has 0 spiro atoms. The van der Waals surface area contributed by atoms with E-state index in [4.69, 9.17) is 4.74 Å². The number of aliphatic hydroxyl groups excluding tert-OH is 1. The van der Waals surface area contributed by atoms with Crippen LogP contribution in [0.15, 0.2) is 60.8 Å². The highest BCUT2D eigenvalue weighted by Gasteiger charge is 2.47. The Bertz CT molecular complexity index is 1080. The second kappa shape index (κ2) is 9.37. The van der Waals surface area contributed by atoms with Crippen molar-refractivity contribution in [3.63, 3.8) is 0 Å². The molecule has 0 unspecified atom stereocenters. The number of imidazole rings is 1. The second-order valence-electron chi connectivity index (χ2n) is 9.03. The van der Waals surface area contributed by atoms with Gasteiger partial charge in [0.1, 0.15) is 11.6 Å². The van der Waals surface area contributed by atoms with Crippen LogP contribution in [0.5, 0.6) is 5.75 Å². The molecule has 2 aromatic carbocycles. The lowest BCUT2D eigenvalue weighted by atomic mass is 9.96. The first-order valence-electron chi connectivity index (χ1n) is 11.6. The molecule has 33 heavy (non-hydrogen) atoms. The van der Waals surface area contributed by atoms with Crippen LogP contribution >= 0.6 is 0 Å². The molecule has 4 N–H and O–H groups in total. The molecule has 0 aliphatic heterocycles. The molecule has 2 aliphatic rings. The first-order chi connectivity index (χ1) is 16.1. The number of nitrogens with one attached hydrogen (secondary N) is 3. The number of amides is 1. The maximum atomic E-state index is 12.9. The fourth-order valence-corrected chi connectivity index (χ4v) is 4.70. The number of carbonyl (C=O) groups excluding carboxylic acids is 1. The van der Waals surface area contributed by atoms with Crippen molar-refractivity contribution >= 4 is 5.91 Å². The Kier molecular flexibility index (Phi) is 6.15. The zero-order valence-corrected chi connectivity index (χ0v) is 18.7. The van der Waals surface area contributed by atoms with Gasteiger partial charge in [0.15, 0.2) is 0 Å². The molecule has 172 valence electrons. The first-order valence-corrected chi connectivity index (χ1v) is 11.6. The highest BCUT2D eigenvalue weighted by atomic mass is 16.5. The van der Waals surface area contributed by atoms with Crippen molar-refractivity contribution in [3.8, 4) is 17.1 Å². The number of benzene rings is 2. The topological polar surface area (TPSA) is 99.3 Å². The van der Waals surface area contributed by atoms with Crippen molar-refractivity contribution in [2.24, 2.45) is 5.92 Å². The van der Waals surface area contributed by atoms with Crippen LogP contribution in [0.4, 0.5) is 0 Å². The largest absolute Gasteiger partial charge is 0.497 e. The van der Waals surface area contributed by atoms with Gasteiger partial charge in [-0.2, -0.15) is 0 Å². The van der Waals surface area contributed by atoms with E-state index in [0.717, 1.165) is 41.2 Å². The van der Waals surface area contributed by atoms with Crippen molar-refractivity contribution < 1.29 is 14.6 Å². The molecule has 2 aliphatic carbocycles. The molecule has 5 rings (SSSR count). The maximum absolute atomic E-state index is 12.9. The molecule has 2 fully saturated rings. The summed E-state index contributed by atoms with van der Waals surface area (Å²) in [4.78, 5) is 20.8. The highest BCUT2D eigenvalue weighted by Crippen LogP contribution is 2.40. The fourth-order valence-electron chi connectivity index (χ4n) is 4.70. The van der Waals surface area contributed by atoms with Gasteiger partial charge in [0.25, 0.3) is 0 Å². The number of carbonyl (C=O) groups is 1. The number of ether oxygens (including phenoxy) is 1. The SMILES string of the molecule is COc1ccc(CN[C@@H]2C[C@H](C(=O)NC3CC3)[C@@H](O)[C@H]2c2cnc(-c3ccccc3)[nH]2)cc1. The molecule has 1 aromatic heterocycles. The van der Waals surface area contributed by atoms with Crippen molar-refractivity contribution in [2.75, 3.05) is 7.11 Å². The van der Waals surface area contributed by atoms with Gasteiger partial charge in [-0.3, -0.25) is 4.79 Å². The number of aromatic nitrogens is 2. The first kappa shape index (κ1) is 21.7. The van der Waals surface area contributed by atoms with Crippen LogP contribution in [0.2, 0.25) is 0 Å². The van der Waals surface area contributed by atoms with Crippen molar-refractivity contribution in [1.29, 1.82) is 0 Å². The van der Waals surface area contributed by atoms with E-state index in [1.165, 1.54) is 0 Å². The molecule has 7 nitrogen and oxygen atoms in total. The Morgan fingerprint density at radius 2 is 1.91 bits per heavy atom. The van der Waals surface area contributed by atoms with E-state index >= 15 is 0 Å². The van der Waals surface area contributed by atoms with Gasteiger partial charge in [-0.05, 0) is 37.0 Å².